The molecule has 0 aliphatic carbocycles. The van der Waals surface area contributed by atoms with Gasteiger partial charge in [0.15, 0.2) is 0 Å². The highest BCUT2D eigenvalue weighted by atomic mass is 16.3. The molecule has 1 N–H and O–H groups in total. The number of carbonyl (C=O) groups is 2. The summed E-state index contributed by atoms with van der Waals surface area (Å²) in [6, 6.07) is 3.98. The average Bonchev–Trinajstić information content (AvgIpc) is 3.22. The van der Waals surface area contributed by atoms with E-state index in [9.17, 15) is 14.7 Å². The third-order valence-corrected chi connectivity index (χ3v) is 5.59. The van der Waals surface area contributed by atoms with E-state index in [2.05, 4.69) is 4.98 Å². The number of fused-ring (bicyclic) bond motifs is 1. The molecule has 4 heterocycles. The minimum Gasteiger partial charge on any atom is -0.388 e. The van der Waals surface area contributed by atoms with Crippen LogP contribution in [0.5, 0.6) is 0 Å². The van der Waals surface area contributed by atoms with Crippen LogP contribution in [0.4, 0.5) is 0 Å². The van der Waals surface area contributed by atoms with Gasteiger partial charge in [0, 0.05) is 43.8 Å². The fourth-order valence-electron chi connectivity index (χ4n) is 3.95. The summed E-state index contributed by atoms with van der Waals surface area (Å²) in [4.78, 5) is 31.7. The predicted molar refractivity (Wildman–Crippen MR) is 96.3 cm³/mol. The van der Waals surface area contributed by atoms with Crippen LogP contribution in [0.25, 0.3) is 10.9 Å². The van der Waals surface area contributed by atoms with E-state index >= 15 is 0 Å². The number of aliphatic hydroxyl groups is 1. The van der Waals surface area contributed by atoms with E-state index in [1.807, 2.05) is 29.1 Å². The van der Waals surface area contributed by atoms with Crippen molar-refractivity contribution in [3.05, 3.63) is 30.7 Å². The van der Waals surface area contributed by atoms with Crippen molar-refractivity contribution >= 4 is 22.7 Å². The first kappa shape index (κ1) is 17.0. The van der Waals surface area contributed by atoms with E-state index < -0.39 is 5.60 Å². The number of piperidine rings is 1. The zero-order chi connectivity index (χ0) is 18.1. The molecule has 0 saturated carbocycles. The maximum Gasteiger partial charge on any atom is 0.242 e. The van der Waals surface area contributed by atoms with E-state index in [0.29, 0.717) is 45.4 Å². The van der Waals surface area contributed by atoms with Gasteiger partial charge >= 0.3 is 0 Å². The van der Waals surface area contributed by atoms with Crippen LogP contribution in [-0.2, 0) is 16.1 Å². The number of nitrogens with zero attached hydrogens (tertiary/aromatic N) is 4. The molecule has 2 aromatic heterocycles. The van der Waals surface area contributed by atoms with Gasteiger partial charge in [0.2, 0.25) is 11.8 Å². The van der Waals surface area contributed by atoms with Gasteiger partial charge in [-0.3, -0.25) is 14.6 Å². The van der Waals surface area contributed by atoms with E-state index in [1.165, 1.54) is 0 Å². The Hall–Kier alpha value is -2.41. The standard InChI is InChI=1S/C19H24N4O3/c24-17-2-1-8-22(17)13-18(25)21-10-5-19(26,6-11-21)14-23-9-4-15-3-7-20-12-16(15)23/h3-4,7,9,12,26H,1-2,5-6,8,10-11,13-14H2. The number of hydrogen-bond donors (Lipinski definition) is 1. The molecule has 2 aliphatic heterocycles. The van der Waals surface area contributed by atoms with E-state index in [1.54, 1.807) is 16.0 Å². The number of amides is 2. The quantitative estimate of drug-likeness (QED) is 0.887. The van der Waals surface area contributed by atoms with E-state index in [0.717, 1.165) is 17.3 Å². The van der Waals surface area contributed by atoms with Crippen molar-refractivity contribution in [3.63, 3.8) is 0 Å². The first-order chi connectivity index (χ1) is 12.5. The Labute approximate surface area is 152 Å². The van der Waals surface area contributed by atoms with Crippen LogP contribution in [0, 0.1) is 0 Å². The molecule has 0 aromatic carbocycles. The molecular formula is C19H24N4O3. The number of carbonyl (C=O) groups excluding carboxylic acids is 2. The van der Waals surface area contributed by atoms with Crippen molar-refractivity contribution in [1.29, 1.82) is 0 Å². The van der Waals surface area contributed by atoms with Gasteiger partial charge in [-0.2, -0.15) is 0 Å². The second-order valence-electron chi connectivity index (χ2n) is 7.40. The Kier molecular flexibility index (Phi) is 4.40. The lowest BCUT2D eigenvalue weighted by atomic mass is 9.91. The van der Waals surface area contributed by atoms with Crippen molar-refractivity contribution in [2.75, 3.05) is 26.2 Å². The summed E-state index contributed by atoms with van der Waals surface area (Å²) in [6.07, 6.45) is 8.00. The molecule has 2 fully saturated rings. The summed E-state index contributed by atoms with van der Waals surface area (Å²) < 4.78 is 2.03. The maximum atomic E-state index is 12.4. The summed E-state index contributed by atoms with van der Waals surface area (Å²) in [7, 11) is 0. The summed E-state index contributed by atoms with van der Waals surface area (Å²) in [5.74, 6) is 0.0536. The van der Waals surface area contributed by atoms with Crippen molar-refractivity contribution in [3.8, 4) is 0 Å². The predicted octanol–water partition coefficient (Wildman–Crippen LogP) is 1.01. The van der Waals surface area contributed by atoms with Gasteiger partial charge in [-0.1, -0.05) is 0 Å². The first-order valence-electron chi connectivity index (χ1n) is 9.21. The lowest BCUT2D eigenvalue weighted by molar-refractivity contribution is -0.141. The molecule has 26 heavy (non-hydrogen) atoms. The van der Waals surface area contributed by atoms with Crippen LogP contribution in [0.3, 0.4) is 0 Å². The third-order valence-electron chi connectivity index (χ3n) is 5.59. The monoisotopic (exact) mass is 356 g/mol. The zero-order valence-electron chi connectivity index (χ0n) is 14.8. The number of pyridine rings is 1. The minimum atomic E-state index is -0.831. The molecule has 138 valence electrons. The van der Waals surface area contributed by atoms with Gasteiger partial charge in [0.25, 0.3) is 0 Å². The molecule has 2 aromatic rings. The van der Waals surface area contributed by atoms with Crippen molar-refractivity contribution in [2.45, 2.75) is 37.8 Å². The highest BCUT2D eigenvalue weighted by Gasteiger charge is 2.35. The average molecular weight is 356 g/mol. The number of rotatable bonds is 4. The molecule has 0 unspecified atom stereocenters. The van der Waals surface area contributed by atoms with Gasteiger partial charge in [-0.25, -0.2) is 0 Å². The zero-order valence-corrected chi connectivity index (χ0v) is 14.8. The highest BCUT2D eigenvalue weighted by molar-refractivity contribution is 5.86. The van der Waals surface area contributed by atoms with Crippen LogP contribution in [0.2, 0.25) is 0 Å². The Morgan fingerprint density at radius 3 is 2.77 bits per heavy atom. The molecule has 0 spiro atoms. The Balaban J connectivity index is 1.36. The lowest BCUT2D eigenvalue weighted by Crippen LogP contribution is -2.50. The third kappa shape index (κ3) is 3.31. The Morgan fingerprint density at radius 2 is 2.04 bits per heavy atom. The Bertz CT molecular complexity index is 823. The molecule has 4 rings (SSSR count). The molecule has 7 nitrogen and oxygen atoms in total. The highest BCUT2D eigenvalue weighted by Crippen LogP contribution is 2.26. The van der Waals surface area contributed by atoms with Gasteiger partial charge in [-0.05, 0) is 31.4 Å². The topological polar surface area (TPSA) is 78.7 Å². The second-order valence-corrected chi connectivity index (χ2v) is 7.40. The molecule has 2 saturated heterocycles. The molecule has 0 atom stereocenters. The fraction of sp³-hybridized carbons (Fsp3) is 0.526. The largest absolute Gasteiger partial charge is 0.388 e. The number of likely N-dealkylation sites (tertiary alicyclic amines) is 2. The summed E-state index contributed by atoms with van der Waals surface area (Å²) in [5, 5.41) is 12.1. The van der Waals surface area contributed by atoms with Gasteiger partial charge in [0.05, 0.1) is 30.4 Å². The SMILES string of the molecule is O=C(CN1CCCC1=O)N1CCC(O)(Cn2ccc3ccncc32)CC1. The first-order valence-corrected chi connectivity index (χ1v) is 9.21. The second kappa shape index (κ2) is 6.72. The van der Waals surface area contributed by atoms with E-state index in [-0.39, 0.29) is 18.4 Å². The lowest BCUT2D eigenvalue weighted by Gasteiger charge is -2.39. The molecular weight excluding hydrogens is 332 g/mol. The van der Waals surface area contributed by atoms with Crippen LogP contribution in [0.1, 0.15) is 25.7 Å². The Morgan fingerprint density at radius 1 is 1.23 bits per heavy atom. The molecule has 0 bridgehead atoms. The van der Waals surface area contributed by atoms with Crippen LogP contribution >= 0.6 is 0 Å². The molecule has 7 heteroatoms. The molecule has 2 amide bonds. The number of aromatic nitrogens is 2. The number of hydrogen-bond acceptors (Lipinski definition) is 4. The smallest absolute Gasteiger partial charge is 0.242 e. The molecule has 0 radical (unpaired) electrons. The van der Waals surface area contributed by atoms with Crippen LogP contribution in [0.15, 0.2) is 30.7 Å². The summed E-state index contributed by atoms with van der Waals surface area (Å²) in [6.45, 7) is 2.39. The van der Waals surface area contributed by atoms with E-state index in [4.69, 9.17) is 0 Å². The van der Waals surface area contributed by atoms with Crippen molar-refractivity contribution in [1.82, 2.24) is 19.4 Å². The van der Waals surface area contributed by atoms with Crippen LogP contribution < -0.4 is 0 Å². The van der Waals surface area contributed by atoms with Crippen molar-refractivity contribution in [2.24, 2.45) is 0 Å². The van der Waals surface area contributed by atoms with Gasteiger partial charge < -0.3 is 19.5 Å². The van der Waals surface area contributed by atoms with Gasteiger partial charge in [-0.15, -0.1) is 0 Å². The normalized spacial score (nSPS) is 20.1. The van der Waals surface area contributed by atoms with Crippen LogP contribution in [-0.4, -0.2) is 68.1 Å². The maximum absolute atomic E-state index is 12.4. The summed E-state index contributed by atoms with van der Waals surface area (Å²) in [5.41, 5.74) is 0.175. The molecule has 2 aliphatic rings. The van der Waals surface area contributed by atoms with Gasteiger partial charge in [0.1, 0.15) is 0 Å². The summed E-state index contributed by atoms with van der Waals surface area (Å²) >= 11 is 0. The van der Waals surface area contributed by atoms with Crippen molar-refractivity contribution < 1.29 is 14.7 Å². The fourth-order valence-corrected chi connectivity index (χ4v) is 3.95. The minimum absolute atomic E-state index is 0.0158.